The molecule has 0 radical (unpaired) electrons. The number of aliphatic hydroxyl groups excluding tert-OH is 1. The number of allylic oxidation sites excluding steroid dienone is 3. The maximum absolute atomic E-state index is 11.0. The highest BCUT2D eigenvalue weighted by Crippen LogP contribution is 2.34. The van der Waals surface area contributed by atoms with Gasteiger partial charge < -0.3 is 20.1 Å². The lowest BCUT2D eigenvalue weighted by Gasteiger charge is -2.30. The van der Waals surface area contributed by atoms with Crippen molar-refractivity contribution in [1.82, 2.24) is 0 Å². The summed E-state index contributed by atoms with van der Waals surface area (Å²) in [6.07, 6.45) is 7.88. The predicted molar refractivity (Wildman–Crippen MR) is 80.8 cm³/mol. The third kappa shape index (κ3) is 3.54. The van der Waals surface area contributed by atoms with Gasteiger partial charge in [-0.1, -0.05) is 19.1 Å². The molecule has 1 atom stereocenters. The fourth-order valence-corrected chi connectivity index (χ4v) is 2.11. The standard InChI is InChI=1S/C17H20O4/c1-2-12-21-17(20,14-7-10-16(19)11-8-14)13-4-3-5-15(18)9-6-13/h3-4,6-11,18-20H,2,5,12H2,1H3. The lowest BCUT2D eigenvalue weighted by atomic mass is 9.96. The van der Waals surface area contributed by atoms with Crippen molar-refractivity contribution < 1.29 is 20.1 Å². The van der Waals surface area contributed by atoms with Gasteiger partial charge in [0.2, 0.25) is 5.79 Å². The molecule has 0 saturated carbocycles. The van der Waals surface area contributed by atoms with E-state index in [4.69, 9.17) is 4.74 Å². The van der Waals surface area contributed by atoms with Gasteiger partial charge in [0, 0.05) is 17.6 Å². The van der Waals surface area contributed by atoms with E-state index in [1.165, 1.54) is 12.1 Å². The number of ether oxygens (including phenoxy) is 1. The van der Waals surface area contributed by atoms with Crippen molar-refractivity contribution in [3.63, 3.8) is 0 Å². The molecule has 0 aliphatic heterocycles. The van der Waals surface area contributed by atoms with Gasteiger partial charge in [-0.05, 0) is 42.8 Å². The van der Waals surface area contributed by atoms with Gasteiger partial charge in [-0.2, -0.15) is 0 Å². The van der Waals surface area contributed by atoms with Crippen LogP contribution < -0.4 is 0 Å². The molecule has 0 bridgehead atoms. The van der Waals surface area contributed by atoms with E-state index >= 15 is 0 Å². The number of benzene rings is 1. The average Bonchev–Trinajstić information content (AvgIpc) is 2.70. The Morgan fingerprint density at radius 3 is 2.52 bits per heavy atom. The van der Waals surface area contributed by atoms with Crippen LogP contribution in [0.1, 0.15) is 25.3 Å². The van der Waals surface area contributed by atoms with E-state index in [-0.39, 0.29) is 11.5 Å². The van der Waals surface area contributed by atoms with Crippen molar-refractivity contribution in [3.05, 3.63) is 65.5 Å². The number of rotatable bonds is 5. The SMILES string of the molecule is CCCOC(O)(C1=CC=C(O)CC=C1)c1ccc(O)cc1. The normalized spacial score (nSPS) is 17.6. The fraction of sp³-hybridized carbons (Fsp3) is 0.294. The molecule has 21 heavy (non-hydrogen) atoms. The summed E-state index contributed by atoms with van der Waals surface area (Å²) in [5, 5.41) is 30.0. The molecule has 1 aliphatic rings. The minimum Gasteiger partial charge on any atom is -0.512 e. The highest BCUT2D eigenvalue weighted by molar-refractivity contribution is 5.41. The first-order chi connectivity index (χ1) is 10.1. The highest BCUT2D eigenvalue weighted by atomic mass is 16.6. The quantitative estimate of drug-likeness (QED) is 0.727. The number of hydrogen-bond acceptors (Lipinski definition) is 4. The van der Waals surface area contributed by atoms with Crippen molar-refractivity contribution in [1.29, 1.82) is 0 Å². The molecule has 4 nitrogen and oxygen atoms in total. The number of phenolic OH excluding ortho intramolecular Hbond substituents is 1. The molecular weight excluding hydrogens is 268 g/mol. The molecule has 0 amide bonds. The summed E-state index contributed by atoms with van der Waals surface area (Å²) in [6, 6.07) is 6.25. The van der Waals surface area contributed by atoms with E-state index in [1.807, 2.05) is 6.92 Å². The number of aliphatic hydroxyl groups is 2. The molecule has 1 aromatic rings. The van der Waals surface area contributed by atoms with Crippen LogP contribution in [0.15, 0.2) is 59.9 Å². The molecule has 1 unspecified atom stereocenters. The van der Waals surface area contributed by atoms with Gasteiger partial charge in [-0.3, -0.25) is 0 Å². The number of hydrogen-bond donors (Lipinski definition) is 3. The second-order valence-corrected chi connectivity index (χ2v) is 4.93. The predicted octanol–water partition coefficient (Wildman–Crippen LogP) is 3.29. The van der Waals surface area contributed by atoms with Gasteiger partial charge >= 0.3 is 0 Å². The summed E-state index contributed by atoms with van der Waals surface area (Å²) in [4.78, 5) is 0. The van der Waals surface area contributed by atoms with Gasteiger partial charge in [0.05, 0.1) is 12.4 Å². The van der Waals surface area contributed by atoms with Gasteiger partial charge in [0.25, 0.3) is 0 Å². The summed E-state index contributed by atoms with van der Waals surface area (Å²) in [5.74, 6) is -1.26. The zero-order valence-electron chi connectivity index (χ0n) is 12.0. The van der Waals surface area contributed by atoms with Crippen molar-refractivity contribution in [2.24, 2.45) is 0 Å². The van der Waals surface area contributed by atoms with E-state index in [0.29, 0.717) is 24.2 Å². The Morgan fingerprint density at radius 1 is 1.14 bits per heavy atom. The van der Waals surface area contributed by atoms with Gasteiger partial charge in [-0.15, -0.1) is 0 Å². The zero-order valence-corrected chi connectivity index (χ0v) is 12.0. The van der Waals surface area contributed by atoms with Gasteiger partial charge in [-0.25, -0.2) is 0 Å². The minimum absolute atomic E-state index is 0.125. The lowest BCUT2D eigenvalue weighted by Crippen LogP contribution is -2.31. The third-order valence-corrected chi connectivity index (χ3v) is 3.24. The Balaban J connectivity index is 2.43. The molecule has 2 rings (SSSR count). The number of aromatic hydroxyl groups is 1. The molecule has 0 saturated heterocycles. The van der Waals surface area contributed by atoms with Crippen LogP contribution in [0.2, 0.25) is 0 Å². The van der Waals surface area contributed by atoms with Crippen LogP contribution >= 0.6 is 0 Å². The van der Waals surface area contributed by atoms with E-state index in [9.17, 15) is 15.3 Å². The van der Waals surface area contributed by atoms with Gasteiger partial charge in [0.1, 0.15) is 5.75 Å². The molecule has 0 spiro atoms. The van der Waals surface area contributed by atoms with Crippen molar-refractivity contribution >= 4 is 0 Å². The molecule has 0 fully saturated rings. The Kier molecular flexibility index (Phi) is 4.83. The largest absolute Gasteiger partial charge is 0.512 e. The number of phenols is 1. The highest BCUT2D eigenvalue weighted by Gasteiger charge is 2.33. The monoisotopic (exact) mass is 288 g/mol. The first kappa shape index (κ1) is 15.4. The third-order valence-electron chi connectivity index (χ3n) is 3.24. The maximum Gasteiger partial charge on any atom is 0.219 e. The summed E-state index contributed by atoms with van der Waals surface area (Å²) >= 11 is 0. The second-order valence-electron chi connectivity index (χ2n) is 4.93. The molecule has 0 aromatic heterocycles. The average molecular weight is 288 g/mol. The lowest BCUT2D eigenvalue weighted by molar-refractivity contribution is -0.181. The van der Waals surface area contributed by atoms with E-state index in [0.717, 1.165) is 6.42 Å². The fourth-order valence-electron chi connectivity index (χ4n) is 2.11. The summed E-state index contributed by atoms with van der Waals surface area (Å²) in [6.45, 7) is 2.35. The Hall–Kier alpha value is -2.04. The van der Waals surface area contributed by atoms with Crippen molar-refractivity contribution in [2.75, 3.05) is 6.61 Å². The molecule has 1 aromatic carbocycles. The van der Waals surface area contributed by atoms with E-state index in [2.05, 4.69) is 0 Å². The van der Waals surface area contributed by atoms with Crippen LogP contribution in [0.3, 0.4) is 0 Å². The topological polar surface area (TPSA) is 69.9 Å². The second kappa shape index (κ2) is 6.61. The first-order valence-corrected chi connectivity index (χ1v) is 6.99. The van der Waals surface area contributed by atoms with Crippen LogP contribution in [0.4, 0.5) is 0 Å². The molecular formula is C17H20O4. The van der Waals surface area contributed by atoms with Crippen molar-refractivity contribution in [3.8, 4) is 5.75 Å². The molecule has 3 N–H and O–H groups in total. The molecule has 1 aliphatic carbocycles. The van der Waals surface area contributed by atoms with E-state index < -0.39 is 5.79 Å². The molecule has 112 valence electrons. The Bertz CT molecular complexity index is 569. The van der Waals surface area contributed by atoms with Crippen LogP contribution in [-0.2, 0) is 10.5 Å². The molecule has 4 heteroatoms. The molecule has 0 heterocycles. The Labute approximate surface area is 124 Å². The summed E-state index contributed by atoms with van der Waals surface area (Å²) in [5.41, 5.74) is 1.06. The maximum atomic E-state index is 11.0. The van der Waals surface area contributed by atoms with Crippen LogP contribution in [0.5, 0.6) is 5.75 Å². The van der Waals surface area contributed by atoms with Gasteiger partial charge in [0.15, 0.2) is 0 Å². The smallest absolute Gasteiger partial charge is 0.219 e. The van der Waals surface area contributed by atoms with Crippen molar-refractivity contribution in [2.45, 2.75) is 25.6 Å². The van der Waals surface area contributed by atoms with E-state index in [1.54, 1.807) is 36.4 Å². The Morgan fingerprint density at radius 2 is 1.86 bits per heavy atom. The first-order valence-electron chi connectivity index (χ1n) is 6.99. The zero-order chi connectivity index (χ0) is 15.3. The van der Waals surface area contributed by atoms with Crippen LogP contribution in [0, 0.1) is 0 Å². The van der Waals surface area contributed by atoms with Crippen LogP contribution in [0.25, 0.3) is 0 Å². The summed E-state index contributed by atoms with van der Waals surface area (Å²) < 4.78 is 5.68. The summed E-state index contributed by atoms with van der Waals surface area (Å²) in [7, 11) is 0. The minimum atomic E-state index is -1.61. The van der Waals surface area contributed by atoms with Crippen LogP contribution in [-0.4, -0.2) is 21.9 Å².